The number of halogens is 2. The van der Waals surface area contributed by atoms with Gasteiger partial charge in [0.15, 0.2) is 0 Å². The maximum absolute atomic E-state index is 13.9. The zero-order chi connectivity index (χ0) is 14.6. The minimum Gasteiger partial charge on any atom is -0.302 e. The molecule has 0 aliphatic rings. The molecule has 0 fully saturated rings. The van der Waals surface area contributed by atoms with Gasteiger partial charge in [-0.2, -0.15) is 0 Å². The van der Waals surface area contributed by atoms with E-state index in [0.717, 1.165) is 6.42 Å². The van der Waals surface area contributed by atoms with Gasteiger partial charge in [-0.05, 0) is 51.6 Å². The van der Waals surface area contributed by atoms with Gasteiger partial charge >= 0.3 is 0 Å². The van der Waals surface area contributed by atoms with Crippen molar-refractivity contribution >= 4 is 11.6 Å². The van der Waals surface area contributed by atoms with Crippen LogP contribution >= 0.6 is 11.6 Å². The highest BCUT2D eigenvalue weighted by Crippen LogP contribution is 2.25. The summed E-state index contributed by atoms with van der Waals surface area (Å²) in [4.78, 5) is 2.12. The van der Waals surface area contributed by atoms with Gasteiger partial charge in [0, 0.05) is 16.6 Å². The summed E-state index contributed by atoms with van der Waals surface area (Å²) >= 11 is 5.77. The molecular formula is C14H23ClFN3. The Kier molecular flexibility index (Phi) is 5.74. The van der Waals surface area contributed by atoms with Gasteiger partial charge in [-0.3, -0.25) is 11.3 Å². The summed E-state index contributed by atoms with van der Waals surface area (Å²) in [5.41, 5.74) is 3.29. The first kappa shape index (κ1) is 16.4. The van der Waals surface area contributed by atoms with Gasteiger partial charge in [-0.1, -0.05) is 24.6 Å². The first-order valence-corrected chi connectivity index (χ1v) is 6.80. The fraction of sp³-hybridized carbons (Fsp3) is 0.571. The van der Waals surface area contributed by atoms with Gasteiger partial charge in [0.05, 0.1) is 0 Å². The fourth-order valence-corrected chi connectivity index (χ4v) is 2.40. The molecule has 0 amide bonds. The number of benzene rings is 1. The molecule has 1 aromatic rings. The van der Waals surface area contributed by atoms with E-state index >= 15 is 0 Å². The average molecular weight is 288 g/mol. The Bertz CT molecular complexity index is 425. The van der Waals surface area contributed by atoms with Crippen LogP contribution in [-0.2, 0) is 6.42 Å². The summed E-state index contributed by atoms with van der Waals surface area (Å²) in [5, 5.41) is 0.407. The maximum Gasteiger partial charge on any atom is 0.127 e. The van der Waals surface area contributed by atoms with Crippen LogP contribution in [0.25, 0.3) is 0 Å². The number of hydrogen-bond acceptors (Lipinski definition) is 3. The topological polar surface area (TPSA) is 41.3 Å². The van der Waals surface area contributed by atoms with Crippen molar-refractivity contribution in [2.45, 2.75) is 38.3 Å². The smallest absolute Gasteiger partial charge is 0.127 e. The van der Waals surface area contributed by atoms with E-state index in [0.29, 0.717) is 17.0 Å². The predicted molar refractivity (Wildman–Crippen MR) is 78.6 cm³/mol. The van der Waals surface area contributed by atoms with E-state index in [9.17, 15) is 4.39 Å². The highest BCUT2D eigenvalue weighted by molar-refractivity contribution is 6.30. The predicted octanol–water partition coefficient (Wildman–Crippen LogP) is 2.58. The van der Waals surface area contributed by atoms with Crippen molar-refractivity contribution in [1.29, 1.82) is 0 Å². The largest absolute Gasteiger partial charge is 0.302 e. The van der Waals surface area contributed by atoms with Crippen LogP contribution in [0.4, 0.5) is 4.39 Å². The molecule has 0 aromatic heterocycles. The van der Waals surface area contributed by atoms with Crippen LogP contribution in [0.15, 0.2) is 18.2 Å². The quantitative estimate of drug-likeness (QED) is 0.624. The van der Waals surface area contributed by atoms with E-state index in [-0.39, 0.29) is 17.4 Å². The van der Waals surface area contributed by atoms with E-state index in [1.807, 2.05) is 14.1 Å². The van der Waals surface area contributed by atoms with Crippen LogP contribution in [-0.4, -0.2) is 30.6 Å². The van der Waals surface area contributed by atoms with Crippen molar-refractivity contribution in [2.24, 2.45) is 5.84 Å². The lowest BCUT2D eigenvalue weighted by atomic mass is 9.84. The van der Waals surface area contributed by atoms with Crippen molar-refractivity contribution in [3.8, 4) is 0 Å². The molecule has 3 nitrogen and oxygen atoms in total. The van der Waals surface area contributed by atoms with E-state index in [2.05, 4.69) is 24.2 Å². The third kappa shape index (κ3) is 3.66. The highest BCUT2D eigenvalue weighted by Gasteiger charge is 2.34. The summed E-state index contributed by atoms with van der Waals surface area (Å²) in [6.45, 7) is 4.22. The van der Waals surface area contributed by atoms with E-state index in [1.54, 1.807) is 12.1 Å². The summed E-state index contributed by atoms with van der Waals surface area (Å²) in [7, 11) is 4.01. The standard InChI is InChI=1S/C14H23ClFN3/c1-5-14(2,19(3)4)13(18-17)8-10-6-7-11(15)9-12(10)16/h6-7,9,13,18H,5,8,17H2,1-4H3. The molecule has 0 heterocycles. The summed E-state index contributed by atoms with van der Waals surface area (Å²) < 4.78 is 13.9. The lowest BCUT2D eigenvalue weighted by molar-refractivity contribution is 0.112. The van der Waals surface area contributed by atoms with Crippen LogP contribution in [0.5, 0.6) is 0 Å². The Balaban J connectivity index is 2.99. The average Bonchev–Trinajstić information content (AvgIpc) is 2.36. The Morgan fingerprint density at radius 3 is 2.53 bits per heavy atom. The zero-order valence-corrected chi connectivity index (χ0v) is 12.8. The third-order valence-electron chi connectivity index (χ3n) is 4.13. The molecule has 1 aromatic carbocycles. The minimum absolute atomic E-state index is 0.0526. The Labute approximate surface area is 119 Å². The van der Waals surface area contributed by atoms with Gasteiger partial charge in [0.2, 0.25) is 0 Å². The van der Waals surface area contributed by atoms with Gasteiger partial charge in [0.25, 0.3) is 0 Å². The van der Waals surface area contributed by atoms with Crippen molar-refractivity contribution < 1.29 is 4.39 Å². The third-order valence-corrected chi connectivity index (χ3v) is 4.36. The van der Waals surface area contributed by atoms with Crippen molar-refractivity contribution in [3.05, 3.63) is 34.6 Å². The molecule has 2 atom stereocenters. The normalized spacial score (nSPS) is 16.4. The van der Waals surface area contributed by atoms with E-state index < -0.39 is 0 Å². The van der Waals surface area contributed by atoms with Crippen molar-refractivity contribution in [2.75, 3.05) is 14.1 Å². The second kappa shape index (κ2) is 6.66. The number of rotatable bonds is 6. The van der Waals surface area contributed by atoms with Crippen LogP contribution in [0.2, 0.25) is 5.02 Å². The molecule has 0 aliphatic heterocycles. The van der Waals surface area contributed by atoms with Crippen LogP contribution in [0.1, 0.15) is 25.8 Å². The number of nitrogens with two attached hydrogens (primary N) is 1. The molecule has 1 rings (SSSR count). The molecule has 0 radical (unpaired) electrons. The molecule has 108 valence electrons. The lowest BCUT2D eigenvalue weighted by Crippen LogP contribution is -2.59. The first-order valence-electron chi connectivity index (χ1n) is 6.42. The number of hydrogen-bond donors (Lipinski definition) is 2. The van der Waals surface area contributed by atoms with Crippen molar-refractivity contribution in [1.82, 2.24) is 10.3 Å². The zero-order valence-electron chi connectivity index (χ0n) is 12.0. The van der Waals surface area contributed by atoms with Crippen molar-refractivity contribution in [3.63, 3.8) is 0 Å². The van der Waals surface area contributed by atoms with Crippen LogP contribution in [0.3, 0.4) is 0 Å². The molecular weight excluding hydrogens is 265 g/mol. The number of nitrogens with one attached hydrogen (secondary N) is 1. The molecule has 2 unspecified atom stereocenters. The summed E-state index contributed by atoms with van der Waals surface area (Å²) in [6.07, 6.45) is 1.42. The monoisotopic (exact) mass is 287 g/mol. The molecule has 0 aliphatic carbocycles. The molecule has 19 heavy (non-hydrogen) atoms. The second-order valence-electron chi connectivity index (χ2n) is 5.26. The molecule has 0 spiro atoms. The molecule has 0 saturated heterocycles. The van der Waals surface area contributed by atoms with Crippen LogP contribution < -0.4 is 11.3 Å². The Morgan fingerprint density at radius 2 is 2.11 bits per heavy atom. The van der Waals surface area contributed by atoms with Gasteiger partial charge in [0.1, 0.15) is 5.82 Å². The van der Waals surface area contributed by atoms with Crippen LogP contribution in [0, 0.1) is 5.82 Å². The molecule has 5 heteroatoms. The Morgan fingerprint density at radius 1 is 1.47 bits per heavy atom. The number of likely N-dealkylation sites (N-methyl/N-ethyl adjacent to an activating group) is 1. The summed E-state index contributed by atoms with van der Waals surface area (Å²) in [6, 6.07) is 4.70. The maximum atomic E-state index is 13.9. The first-order chi connectivity index (χ1) is 8.85. The van der Waals surface area contributed by atoms with Gasteiger partial charge < -0.3 is 4.90 Å². The van der Waals surface area contributed by atoms with Gasteiger partial charge in [-0.15, -0.1) is 0 Å². The number of nitrogens with zero attached hydrogens (tertiary/aromatic N) is 1. The lowest BCUT2D eigenvalue weighted by Gasteiger charge is -2.42. The molecule has 3 N–H and O–H groups in total. The van der Waals surface area contributed by atoms with E-state index in [4.69, 9.17) is 17.4 Å². The van der Waals surface area contributed by atoms with E-state index in [1.165, 1.54) is 6.07 Å². The SMILES string of the molecule is CCC(C)(C(Cc1ccc(Cl)cc1F)NN)N(C)C. The highest BCUT2D eigenvalue weighted by atomic mass is 35.5. The van der Waals surface area contributed by atoms with Gasteiger partial charge in [-0.25, -0.2) is 4.39 Å². The Hall–Kier alpha value is -0.680. The summed E-state index contributed by atoms with van der Waals surface area (Å²) in [5.74, 6) is 5.39. The fourth-order valence-electron chi connectivity index (χ4n) is 2.24. The molecule has 0 bridgehead atoms. The second-order valence-corrected chi connectivity index (χ2v) is 5.70. The molecule has 0 saturated carbocycles. The number of hydrazine groups is 1. The minimum atomic E-state index is -0.287.